The number of carbonyl (C=O) groups is 2. The minimum Gasteiger partial charge on any atom is -0.350 e. The van der Waals surface area contributed by atoms with Crippen molar-refractivity contribution in [2.24, 2.45) is 0 Å². The first kappa shape index (κ1) is 18.3. The van der Waals surface area contributed by atoms with Crippen molar-refractivity contribution >= 4 is 41.0 Å². The molecule has 0 spiro atoms. The molecule has 1 heterocycles. The van der Waals surface area contributed by atoms with Crippen LogP contribution in [0.5, 0.6) is 0 Å². The van der Waals surface area contributed by atoms with E-state index in [1.807, 2.05) is 36.4 Å². The molecule has 0 atom stereocenters. The van der Waals surface area contributed by atoms with Gasteiger partial charge in [-0.3, -0.25) is 9.59 Å². The highest BCUT2D eigenvalue weighted by Gasteiger charge is 2.10. The van der Waals surface area contributed by atoms with Crippen molar-refractivity contribution in [3.05, 3.63) is 64.0 Å². The fourth-order valence-electron chi connectivity index (χ4n) is 1.96. The van der Waals surface area contributed by atoms with Crippen molar-refractivity contribution in [2.45, 2.75) is 12.7 Å². The minimum atomic E-state index is -0.272. The summed E-state index contributed by atoms with van der Waals surface area (Å²) in [5, 5.41) is 7.51. The van der Waals surface area contributed by atoms with E-state index in [0.717, 1.165) is 17.1 Å². The van der Waals surface area contributed by atoms with Gasteiger partial charge < -0.3 is 10.6 Å². The maximum Gasteiger partial charge on any atom is 0.267 e. The van der Waals surface area contributed by atoms with Crippen LogP contribution in [0.1, 0.15) is 17.4 Å². The fraction of sp³-hybridized carbons (Fsp3) is 0.222. The largest absolute Gasteiger partial charge is 0.350 e. The van der Waals surface area contributed by atoms with Gasteiger partial charge in [0.25, 0.3) is 5.91 Å². The van der Waals surface area contributed by atoms with Crippen LogP contribution in [-0.4, -0.2) is 24.1 Å². The Bertz CT molecular complexity index is 682. The summed E-state index contributed by atoms with van der Waals surface area (Å²) in [7, 11) is 0. The van der Waals surface area contributed by atoms with Crippen molar-refractivity contribution in [2.75, 3.05) is 12.3 Å². The van der Waals surface area contributed by atoms with Gasteiger partial charge in [-0.05, 0) is 23.1 Å². The van der Waals surface area contributed by atoms with Crippen LogP contribution in [0.2, 0.25) is 0 Å². The zero-order valence-electron chi connectivity index (χ0n) is 13.5. The van der Waals surface area contributed by atoms with Gasteiger partial charge in [0.2, 0.25) is 5.91 Å². The molecule has 0 aliphatic carbocycles. The number of nitrogens with one attached hydrogen (secondary N) is 2. The molecule has 24 heavy (non-hydrogen) atoms. The molecule has 2 amide bonds. The third-order valence-electron chi connectivity index (χ3n) is 3.02. The summed E-state index contributed by atoms with van der Waals surface area (Å²) in [4.78, 5) is 24.9. The number of amides is 2. The lowest BCUT2D eigenvalue weighted by molar-refractivity contribution is -0.122. The zero-order chi connectivity index (χ0) is 17.2. The maximum atomic E-state index is 12.3. The first-order chi connectivity index (χ1) is 11.6. The molecule has 4 nitrogen and oxygen atoms in total. The average Bonchev–Trinajstić information content (AvgIpc) is 3.07. The van der Waals surface area contributed by atoms with Gasteiger partial charge in [-0.1, -0.05) is 36.4 Å². The van der Waals surface area contributed by atoms with Crippen molar-refractivity contribution in [1.82, 2.24) is 10.6 Å². The molecule has 0 saturated heterocycles. The summed E-state index contributed by atoms with van der Waals surface area (Å²) in [5.41, 5.74) is 1.13. The smallest absolute Gasteiger partial charge is 0.267 e. The Morgan fingerprint density at radius 2 is 1.96 bits per heavy atom. The maximum absolute atomic E-state index is 12.3. The second-order valence-corrected chi connectivity index (χ2v) is 7.18. The van der Waals surface area contributed by atoms with Gasteiger partial charge >= 0.3 is 0 Å². The topological polar surface area (TPSA) is 58.2 Å². The van der Waals surface area contributed by atoms with Crippen LogP contribution in [0.4, 0.5) is 0 Å². The Morgan fingerprint density at radius 1 is 1.17 bits per heavy atom. The van der Waals surface area contributed by atoms with E-state index in [2.05, 4.69) is 22.1 Å². The molecule has 0 saturated carbocycles. The highest BCUT2D eigenvalue weighted by molar-refractivity contribution is 7.98. The summed E-state index contributed by atoms with van der Waals surface area (Å²) >= 11 is 3.51. The third kappa shape index (κ3) is 6.60. The van der Waals surface area contributed by atoms with E-state index in [1.165, 1.54) is 11.8 Å². The molecule has 2 N–H and O–H groups in total. The number of hydrogen-bond acceptors (Lipinski definition) is 4. The fourth-order valence-corrected chi connectivity index (χ4v) is 3.66. The number of hydrogen-bond donors (Lipinski definition) is 2. The molecule has 126 valence electrons. The predicted octanol–water partition coefficient (Wildman–Crippen LogP) is 3.27. The molecule has 0 aliphatic rings. The Hall–Kier alpha value is -2.05. The summed E-state index contributed by atoms with van der Waals surface area (Å²) in [6, 6.07) is 13.6. The Kier molecular flexibility index (Phi) is 7.58. The van der Waals surface area contributed by atoms with E-state index in [1.54, 1.807) is 29.2 Å². The van der Waals surface area contributed by atoms with Gasteiger partial charge in [-0.2, -0.15) is 11.8 Å². The molecule has 0 unspecified atom stereocenters. The Labute approximate surface area is 150 Å². The van der Waals surface area contributed by atoms with Gasteiger partial charge in [0.05, 0.1) is 0 Å². The van der Waals surface area contributed by atoms with Crippen molar-refractivity contribution < 1.29 is 9.59 Å². The van der Waals surface area contributed by atoms with Gasteiger partial charge in [0.1, 0.15) is 5.70 Å². The van der Waals surface area contributed by atoms with Gasteiger partial charge in [-0.25, -0.2) is 0 Å². The van der Waals surface area contributed by atoms with Crippen LogP contribution in [0.15, 0.2) is 53.5 Å². The molecular weight excluding hydrogens is 340 g/mol. The summed E-state index contributed by atoms with van der Waals surface area (Å²) < 4.78 is 0. The normalized spacial score (nSPS) is 11.1. The Balaban J connectivity index is 1.83. The number of rotatable bonds is 8. The molecule has 2 rings (SSSR count). The number of thiophene rings is 1. The Morgan fingerprint density at radius 3 is 2.62 bits per heavy atom. The monoisotopic (exact) mass is 360 g/mol. The van der Waals surface area contributed by atoms with E-state index in [0.29, 0.717) is 6.54 Å². The first-order valence-corrected chi connectivity index (χ1v) is 9.61. The zero-order valence-corrected chi connectivity index (χ0v) is 15.1. The molecule has 0 bridgehead atoms. The molecule has 1 aromatic carbocycles. The summed E-state index contributed by atoms with van der Waals surface area (Å²) in [6.45, 7) is 1.95. The predicted molar refractivity (Wildman–Crippen MR) is 102 cm³/mol. The van der Waals surface area contributed by atoms with Crippen LogP contribution in [0, 0.1) is 0 Å². The lowest BCUT2D eigenvalue weighted by atomic mass is 10.2. The third-order valence-corrected chi connectivity index (χ3v) is 5.09. The van der Waals surface area contributed by atoms with E-state index < -0.39 is 0 Å². The summed E-state index contributed by atoms with van der Waals surface area (Å²) in [5.74, 6) is 1.24. The highest BCUT2D eigenvalue weighted by Crippen LogP contribution is 2.16. The molecular formula is C18H20N2O2S2. The SMILES string of the molecule is CC(=O)N/C(=C\c1ccccc1)C(=O)NCCSCc1cccs1. The van der Waals surface area contributed by atoms with Crippen LogP contribution in [-0.2, 0) is 15.3 Å². The lowest BCUT2D eigenvalue weighted by Crippen LogP contribution is -2.34. The molecule has 1 aromatic heterocycles. The number of benzene rings is 1. The second-order valence-electron chi connectivity index (χ2n) is 5.04. The van der Waals surface area contributed by atoms with Gasteiger partial charge in [0.15, 0.2) is 0 Å². The standard InChI is InChI=1S/C18H20N2O2S2/c1-14(21)20-17(12-15-6-3-2-4-7-15)18(22)19-9-11-23-13-16-8-5-10-24-16/h2-8,10,12H,9,11,13H2,1H3,(H,19,22)(H,20,21)/b17-12-. The van der Waals surface area contributed by atoms with Crippen LogP contribution < -0.4 is 10.6 Å². The van der Waals surface area contributed by atoms with Crippen LogP contribution in [0.25, 0.3) is 6.08 Å². The quantitative estimate of drug-likeness (QED) is 0.561. The molecule has 0 fully saturated rings. The average molecular weight is 361 g/mol. The molecule has 2 aromatic rings. The molecule has 0 aliphatic heterocycles. The van der Waals surface area contributed by atoms with Gasteiger partial charge in [-0.15, -0.1) is 11.3 Å². The second kappa shape index (κ2) is 9.95. The lowest BCUT2D eigenvalue weighted by Gasteiger charge is -2.09. The minimum absolute atomic E-state index is 0.261. The van der Waals surface area contributed by atoms with E-state index in [4.69, 9.17) is 0 Å². The van der Waals surface area contributed by atoms with Crippen LogP contribution >= 0.6 is 23.1 Å². The van der Waals surface area contributed by atoms with Crippen LogP contribution in [0.3, 0.4) is 0 Å². The number of carbonyl (C=O) groups excluding carboxylic acids is 2. The molecule has 0 radical (unpaired) electrons. The van der Waals surface area contributed by atoms with Crippen molar-refractivity contribution in [3.63, 3.8) is 0 Å². The van der Waals surface area contributed by atoms with E-state index in [-0.39, 0.29) is 17.5 Å². The highest BCUT2D eigenvalue weighted by atomic mass is 32.2. The number of thioether (sulfide) groups is 1. The van der Waals surface area contributed by atoms with Crippen molar-refractivity contribution in [3.8, 4) is 0 Å². The van der Waals surface area contributed by atoms with Gasteiger partial charge in [0, 0.05) is 29.9 Å². The van der Waals surface area contributed by atoms with Crippen molar-refractivity contribution in [1.29, 1.82) is 0 Å². The van der Waals surface area contributed by atoms with E-state index in [9.17, 15) is 9.59 Å². The van der Waals surface area contributed by atoms with E-state index >= 15 is 0 Å². The molecule has 6 heteroatoms. The summed E-state index contributed by atoms with van der Waals surface area (Å²) in [6.07, 6.45) is 1.68. The first-order valence-electron chi connectivity index (χ1n) is 7.58.